The molecular formula is C16H25N3OS. The van der Waals surface area contributed by atoms with Gasteiger partial charge in [0.05, 0.1) is 6.61 Å². The fourth-order valence-electron chi connectivity index (χ4n) is 2.26. The summed E-state index contributed by atoms with van der Waals surface area (Å²) in [4.78, 5) is 11.7. The van der Waals surface area contributed by atoms with Gasteiger partial charge in [0.1, 0.15) is 5.82 Å². The summed E-state index contributed by atoms with van der Waals surface area (Å²) in [7, 11) is 1.75. The molecule has 21 heavy (non-hydrogen) atoms. The number of H-pyrrole nitrogens is 1. The Kier molecular flexibility index (Phi) is 6.92. The van der Waals surface area contributed by atoms with E-state index in [1.165, 1.54) is 23.4 Å². The number of methoxy groups -OCH3 is 1. The maximum atomic E-state index is 5.22. The highest BCUT2D eigenvalue weighted by atomic mass is 32.1. The number of unbranched alkanes of at least 4 members (excludes halogenated alkanes) is 1. The molecule has 2 aromatic heterocycles. The standard InChI is InChI=1S/C16H25N3OS/c1-3-4-7-16-17-11-14(18-16)12-19(8-9-20-2)13-15-6-5-10-21-15/h5-6,10-11H,3-4,7-9,12-13H2,1-2H3,(H,17,18). The molecule has 2 heterocycles. The average Bonchev–Trinajstić information content (AvgIpc) is 3.14. The minimum Gasteiger partial charge on any atom is -0.383 e. The van der Waals surface area contributed by atoms with Crippen molar-refractivity contribution in [1.29, 1.82) is 0 Å². The van der Waals surface area contributed by atoms with E-state index in [4.69, 9.17) is 4.74 Å². The van der Waals surface area contributed by atoms with Crippen molar-refractivity contribution in [2.75, 3.05) is 20.3 Å². The fourth-order valence-corrected chi connectivity index (χ4v) is 3.00. The summed E-state index contributed by atoms with van der Waals surface area (Å²) in [5.74, 6) is 1.11. The maximum absolute atomic E-state index is 5.22. The summed E-state index contributed by atoms with van der Waals surface area (Å²) >= 11 is 1.80. The summed E-state index contributed by atoms with van der Waals surface area (Å²) in [6, 6.07) is 4.29. The molecule has 0 unspecified atom stereocenters. The average molecular weight is 307 g/mol. The predicted molar refractivity (Wildman–Crippen MR) is 87.5 cm³/mol. The first-order valence-electron chi connectivity index (χ1n) is 7.58. The van der Waals surface area contributed by atoms with Crippen LogP contribution >= 0.6 is 11.3 Å². The van der Waals surface area contributed by atoms with E-state index in [9.17, 15) is 0 Å². The number of aryl methyl sites for hydroxylation is 1. The van der Waals surface area contributed by atoms with E-state index in [0.29, 0.717) is 0 Å². The number of ether oxygens (including phenoxy) is 1. The van der Waals surface area contributed by atoms with Gasteiger partial charge in [0, 0.05) is 49.9 Å². The maximum Gasteiger partial charge on any atom is 0.106 e. The minimum absolute atomic E-state index is 0.752. The number of nitrogens with zero attached hydrogens (tertiary/aromatic N) is 2. The predicted octanol–water partition coefficient (Wildman–Crippen LogP) is 3.46. The number of aromatic amines is 1. The monoisotopic (exact) mass is 307 g/mol. The normalized spacial score (nSPS) is 11.4. The number of hydrogen-bond acceptors (Lipinski definition) is 4. The molecule has 0 saturated carbocycles. The quantitative estimate of drug-likeness (QED) is 0.731. The van der Waals surface area contributed by atoms with Crippen LogP contribution in [0.4, 0.5) is 0 Å². The lowest BCUT2D eigenvalue weighted by molar-refractivity contribution is 0.140. The van der Waals surface area contributed by atoms with Gasteiger partial charge in [-0.05, 0) is 17.9 Å². The summed E-state index contributed by atoms with van der Waals surface area (Å²) in [5, 5.41) is 2.13. The Balaban J connectivity index is 1.92. The van der Waals surface area contributed by atoms with E-state index >= 15 is 0 Å². The Labute approximate surface area is 131 Å². The van der Waals surface area contributed by atoms with Crippen LogP contribution in [0.15, 0.2) is 23.7 Å². The van der Waals surface area contributed by atoms with Gasteiger partial charge in [-0.25, -0.2) is 4.98 Å². The van der Waals surface area contributed by atoms with Crippen LogP contribution in [0.3, 0.4) is 0 Å². The molecular weight excluding hydrogens is 282 g/mol. The third kappa shape index (κ3) is 5.61. The van der Waals surface area contributed by atoms with E-state index < -0.39 is 0 Å². The SMILES string of the molecule is CCCCc1ncc(CN(CCOC)Cc2cccs2)[nH]1. The van der Waals surface area contributed by atoms with Crippen molar-refractivity contribution in [3.05, 3.63) is 40.1 Å². The van der Waals surface area contributed by atoms with Crippen molar-refractivity contribution in [1.82, 2.24) is 14.9 Å². The smallest absolute Gasteiger partial charge is 0.106 e. The van der Waals surface area contributed by atoms with Crippen LogP contribution in [-0.4, -0.2) is 35.1 Å². The van der Waals surface area contributed by atoms with Crippen molar-refractivity contribution in [2.45, 2.75) is 39.3 Å². The van der Waals surface area contributed by atoms with Gasteiger partial charge in [0.15, 0.2) is 0 Å². The molecule has 0 atom stereocenters. The molecule has 0 aliphatic rings. The number of thiophene rings is 1. The van der Waals surface area contributed by atoms with Gasteiger partial charge in [0.2, 0.25) is 0 Å². The molecule has 0 bridgehead atoms. The molecule has 2 aromatic rings. The third-order valence-corrected chi connectivity index (χ3v) is 4.27. The Morgan fingerprint density at radius 1 is 1.38 bits per heavy atom. The lowest BCUT2D eigenvalue weighted by atomic mass is 10.2. The van der Waals surface area contributed by atoms with E-state index in [-0.39, 0.29) is 0 Å². The Bertz CT molecular complexity index is 495. The van der Waals surface area contributed by atoms with Crippen LogP contribution in [0.5, 0.6) is 0 Å². The molecule has 0 aliphatic carbocycles. The van der Waals surface area contributed by atoms with E-state index in [1.807, 2.05) is 6.20 Å². The lowest BCUT2D eigenvalue weighted by Crippen LogP contribution is -2.26. The second kappa shape index (κ2) is 8.97. The summed E-state index contributed by atoms with van der Waals surface area (Å²) in [5.41, 5.74) is 1.19. The minimum atomic E-state index is 0.752. The van der Waals surface area contributed by atoms with Crippen molar-refractivity contribution < 1.29 is 4.74 Å². The first-order valence-corrected chi connectivity index (χ1v) is 8.46. The molecule has 0 aliphatic heterocycles. The van der Waals surface area contributed by atoms with Gasteiger partial charge in [-0.15, -0.1) is 11.3 Å². The van der Waals surface area contributed by atoms with E-state index in [0.717, 1.165) is 38.5 Å². The zero-order valence-corrected chi connectivity index (χ0v) is 13.8. The Hall–Kier alpha value is -1.17. The summed E-state index contributed by atoms with van der Waals surface area (Å²) < 4.78 is 5.22. The van der Waals surface area contributed by atoms with Gasteiger partial charge in [-0.3, -0.25) is 4.90 Å². The molecule has 0 radical (unpaired) electrons. The number of nitrogens with one attached hydrogen (secondary N) is 1. The second-order valence-corrected chi connectivity index (χ2v) is 6.27. The Morgan fingerprint density at radius 2 is 2.29 bits per heavy atom. The molecule has 0 spiro atoms. The summed E-state index contributed by atoms with van der Waals surface area (Å²) in [6.45, 7) is 5.74. The molecule has 0 fully saturated rings. The van der Waals surface area contributed by atoms with Crippen LogP contribution in [0, 0.1) is 0 Å². The van der Waals surface area contributed by atoms with Gasteiger partial charge in [-0.1, -0.05) is 19.4 Å². The second-order valence-electron chi connectivity index (χ2n) is 5.24. The highest BCUT2D eigenvalue weighted by Crippen LogP contribution is 2.14. The molecule has 0 aromatic carbocycles. The Morgan fingerprint density at radius 3 is 3.00 bits per heavy atom. The van der Waals surface area contributed by atoms with Crippen LogP contribution in [0.2, 0.25) is 0 Å². The van der Waals surface area contributed by atoms with Crippen LogP contribution < -0.4 is 0 Å². The molecule has 5 heteroatoms. The zero-order chi connectivity index (χ0) is 14.9. The largest absolute Gasteiger partial charge is 0.383 e. The number of rotatable bonds is 10. The molecule has 0 saturated heterocycles. The molecule has 116 valence electrons. The molecule has 1 N–H and O–H groups in total. The van der Waals surface area contributed by atoms with Crippen LogP contribution in [0.1, 0.15) is 36.2 Å². The summed E-state index contributed by atoms with van der Waals surface area (Å²) in [6.07, 6.45) is 5.41. The van der Waals surface area contributed by atoms with E-state index in [2.05, 4.69) is 39.3 Å². The third-order valence-electron chi connectivity index (χ3n) is 3.41. The van der Waals surface area contributed by atoms with Crippen molar-refractivity contribution >= 4 is 11.3 Å². The van der Waals surface area contributed by atoms with Crippen LogP contribution in [-0.2, 0) is 24.2 Å². The first kappa shape index (κ1) is 16.2. The lowest BCUT2D eigenvalue weighted by Gasteiger charge is -2.20. The van der Waals surface area contributed by atoms with Crippen molar-refractivity contribution in [2.24, 2.45) is 0 Å². The zero-order valence-electron chi connectivity index (χ0n) is 13.0. The fraction of sp³-hybridized carbons (Fsp3) is 0.562. The first-order chi connectivity index (χ1) is 10.3. The highest BCUT2D eigenvalue weighted by molar-refractivity contribution is 7.09. The highest BCUT2D eigenvalue weighted by Gasteiger charge is 2.10. The van der Waals surface area contributed by atoms with Crippen LogP contribution in [0.25, 0.3) is 0 Å². The number of hydrogen-bond donors (Lipinski definition) is 1. The molecule has 0 amide bonds. The van der Waals surface area contributed by atoms with Gasteiger partial charge >= 0.3 is 0 Å². The van der Waals surface area contributed by atoms with Gasteiger partial charge in [0.25, 0.3) is 0 Å². The topological polar surface area (TPSA) is 41.2 Å². The number of aromatic nitrogens is 2. The van der Waals surface area contributed by atoms with E-state index in [1.54, 1.807) is 18.4 Å². The molecule has 2 rings (SSSR count). The van der Waals surface area contributed by atoms with Gasteiger partial charge < -0.3 is 9.72 Å². The van der Waals surface area contributed by atoms with Gasteiger partial charge in [-0.2, -0.15) is 0 Å². The van der Waals surface area contributed by atoms with Crippen molar-refractivity contribution in [3.63, 3.8) is 0 Å². The van der Waals surface area contributed by atoms with Crippen molar-refractivity contribution in [3.8, 4) is 0 Å². The molecule has 4 nitrogen and oxygen atoms in total. The number of imidazole rings is 1.